The molecule has 2 aromatic rings. The van der Waals surface area contributed by atoms with Gasteiger partial charge in [-0.25, -0.2) is 14.2 Å². The second kappa shape index (κ2) is 10.6. The Hall–Kier alpha value is -3.75. The lowest BCUT2D eigenvalue weighted by Crippen LogP contribution is -2.53. The number of alkyl carbamates (subject to hydrolysis) is 1. The van der Waals surface area contributed by atoms with E-state index in [1.807, 2.05) is 4.90 Å². The first kappa shape index (κ1) is 27.4. The van der Waals surface area contributed by atoms with Crippen LogP contribution in [0.15, 0.2) is 53.5 Å². The number of amides is 3. The van der Waals surface area contributed by atoms with Gasteiger partial charge in [-0.2, -0.15) is 0 Å². The molecule has 8 nitrogen and oxygen atoms in total. The van der Waals surface area contributed by atoms with Gasteiger partial charge in [0.25, 0.3) is 5.91 Å². The van der Waals surface area contributed by atoms with E-state index in [0.29, 0.717) is 29.0 Å². The van der Waals surface area contributed by atoms with E-state index < -0.39 is 29.6 Å². The van der Waals surface area contributed by atoms with Crippen molar-refractivity contribution in [2.45, 2.75) is 70.7 Å². The Morgan fingerprint density at radius 1 is 0.951 bits per heavy atom. The van der Waals surface area contributed by atoms with Crippen LogP contribution in [0.3, 0.4) is 0 Å². The van der Waals surface area contributed by atoms with Crippen molar-refractivity contribution in [1.82, 2.24) is 10.2 Å². The number of carbonyl (C=O) groups excluding carboxylic acids is 3. The van der Waals surface area contributed by atoms with Crippen molar-refractivity contribution in [2.24, 2.45) is 22.7 Å². The lowest BCUT2D eigenvalue weighted by molar-refractivity contribution is -0.134. The third-order valence-corrected chi connectivity index (χ3v) is 8.71. The summed E-state index contributed by atoms with van der Waals surface area (Å²) < 4.78 is 20.5. The summed E-state index contributed by atoms with van der Waals surface area (Å²) in [6.07, 6.45) is 3.40. The van der Waals surface area contributed by atoms with E-state index in [9.17, 15) is 14.4 Å². The number of nitrogens with zero attached hydrogens (tertiary/aromatic N) is 3. The molecule has 0 spiro atoms. The number of fused-ring (bicyclic) bond motifs is 2. The lowest BCUT2D eigenvalue weighted by Gasteiger charge is -2.39. The van der Waals surface area contributed by atoms with Gasteiger partial charge in [-0.3, -0.25) is 19.8 Å². The average molecular weight is 561 g/mol. The molecule has 1 N–H and O–H groups in total. The minimum Gasteiger partial charge on any atom is -0.444 e. The van der Waals surface area contributed by atoms with Crippen LogP contribution in [-0.4, -0.2) is 59.4 Å². The van der Waals surface area contributed by atoms with E-state index in [1.54, 1.807) is 63.2 Å². The summed E-state index contributed by atoms with van der Waals surface area (Å²) in [5.74, 6) is 0.648. The van der Waals surface area contributed by atoms with Crippen molar-refractivity contribution < 1.29 is 23.5 Å². The highest BCUT2D eigenvalue weighted by atomic mass is 19.1. The van der Waals surface area contributed by atoms with Gasteiger partial charge in [-0.15, -0.1) is 0 Å². The summed E-state index contributed by atoms with van der Waals surface area (Å²) in [5, 5.41) is 2.57. The number of rotatable bonds is 4. The SMILES string of the molecule is CC(C)(C)OC(=O)NC1N=C(c2ccccc2F)c2ccccc2N(CC(=O)N2CC3CC4CC(C3)CC2C4)C1=O. The first-order chi connectivity index (χ1) is 19.6. The Labute approximate surface area is 239 Å². The van der Waals surface area contributed by atoms with E-state index in [1.165, 1.54) is 30.2 Å². The smallest absolute Gasteiger partial charge is 0.409 e. The van der Waals surface area contributed by atoms with Crippen LogP contribution in [0.4, 0.5) is 14.9 Å². The largest absolute Gasteiger partial charge is 0.444 e. The van der Waals surface area contributed by atoms with Crippen molar-refractivity contribution in [3.05, 3.63) is 65.5 Å². The number of aliphatic imine (C=N–C) groups is 1. The molecule has 2 aromatic carbocycles. The Kier molecular flexibility index (Phi) is 7.08. The fourth-order valence-corrected chi connectivity index (χ4v) is 7.29. The monoisotopic (exact) mass is 560 g/mol. The Balaban J connectivity index is 1.37. The topological polar surface area (TPSA) is 91.3 Å². The van der Waals surface area contributed by atoms with Gasteiger partial charge < -0.3 is 9.64 Å². The second-order valence-electron chi connectivity index (χ2n) is 12.9. The van der Waals surface area contributed by atoms with E-state index in [0.717, 1.165) is 19.4 Å². The summed E-state index contributed by atoms with van der Waals surface area (Å²) in [5.41, 5.74) is 0.552. The van der Waals surface area contributed by atoms with Gasteiger partial charge in [-0.05, 0) is 88.8 Å². The summed E-state index contributed by atoms with van der Waals surface area (Å²) in [4.78, 5) is 48.9. The molecule has 5 aliphatic rings. The minimum atomic E-state index is -1.42. The number of nitrogens with one attached hydrogen (secondary N) is 1. The van der Waals surface area contributed by atoms with Gasteiger partial charge in [0.15, 0.2) is 0 Å². The number of halogens is 1. The molecule has 2 saturated carbocycles. The number of anilines is 1. The van der Waals surface area contributed by atoms with Crippen LogP contribution in [0.1, 0.15) is 64.0 Å². The predicted molar refractivity (Wildman–Crippen MR) is 153 cm³/mol. The van der Waals surface area contributed by atoms with Gasteiger partial charge in [0, 0.05) is 23.7 Å². The number of hydrogen-bond donors (Lipinski definition) is 1. The third kappa shape index (κ3) is 5.59. The molecule has 4 fully saturated rings. The molecule has 3 aliphatic heterocycles. The third-order valence-electron chi connectivity index (χ3n) is 8.71. The first-order valence-electron chi connectivity index (χ1n) is 14.6. The number of para-hydroxylation sites is 1. The number of carbonyl (C=O) groups is 3. The van der Waals surface area contributed by atoms with Crippen molar-refractivity contribution >= 4 is 29.3 Å². The predicted octanol–water partition coefficient (Wildman–Crippen LogP) is 4.90. The molecule has 216 valence electrons. The van der Waals surface area contributed by atoms with Gasteiger partial charge in [-0.1, -0.05) is 30.3 Å². The summed E-state index contributed by atoms with van der Waals surface area (Å²) in [6, 6.07) is 13.4. The van der Waals surface area contributed by atoms with Crippen molar-refractivity contribution in [1.29, 1.82) is 0 Å². The van der Waals surface area contributed by atoms with Crippen molar-refractivity contribution in [3.8, 4) is 0 Å². The lowest BCUT2D eigenvalue weighted by atomic mass is 9.68. The maximum absolute atomic E-state index is 15.1. The molecule has 3 atom stereocenters. The molecule has 3 heterocycles. The van der Waals surface area contributed by atoms with E-state index in [4.69, 9.17) is 4.74 Å². The molecule has 3 unspecified atom stereocenters. The number of benzodiazepines with no additional fused rings is 1. The fraction of sp³-hybridized carbons (Fsp3) is 0.500. The maximum Gasteiger partial charge on any atom is 0.409 e. The summed E-state index contributed by atoms with van der Waals surface area (Å²) in [7, 11) is 0. The zero-order valence-corrected chi connectivity index (χ0v) is 23.8. The molecular formula is C32H37FN4O4. The molecule has 2 saturated heterocycles. The second-order valence-corrected chi connectivity index (χ2v) is 12.9. The normalized spacial score (nSPS) is 27.1. The summed E-state index contributed by atoms with van der Waals surface area (Å²) in [6.45, 7) is 5.69. The van der Waals surface area contributed by atoms with Crippen LogP contribution in [0.5, 0.6) is 0 Å². The van der Waals surface area contributed by atoms with Crippen molar-refractivity contribution in [2.75, 3.05) is 18.0 Å². The molecule has 41 heavy (non-hydrogen) atoms. The Morgan fingerprint density at radius 3 is 2.27 bits per heavy atom. The average Bonchev–Trinajstić information content (AvgIpc) is 3.17. The van der Waals surface area contributed by atoms with Crippen LogP contribution >= 0.6 is 0 Å². The number of hydrogen-bond acceptors (Lipinski definition) is 5. The quantitative estimate of drug-likeness (QED) is 0.576. The molecule has 3 amide bonds. The highest BCUT2D eigenvalue weighted by Gasteiger charge is 2.45. The van der Waals surface area contributed by atoms with Crippen LogP contribution in [0, 0.1) is 23.6 Å². The van der Waals surface area contributed by atoms with Gasteiger partial charge in [0.1, 0.15) is 18.0 Å². The first-order valence-corrected chi connectivity index (χ1v) is 14.6. The maximum atomic E-state index is 15.1. The zero-order valence-electron chi connectivity index (χ0n) is 23.8. The minimum absolute atomic E-state index is 0.114. The van der Waals surface area contributed by atoms with E-state index in [-0.39, 0.29) is 29.8 Å². The van der Waals surface area contributed by atoms with Crippen LogP contribution in [0.2, 0.25) is 0 Å². The Bertz CT molecular complexity index is 1390. The molecular weight excluding hydrogens is 523 g/mol. The number of ether oxygens (including phenoxy) is 1. The van der Waals surface area contributed by atoms with E-state index >= 15 is 4.39 Å². The van der Waals surface area contributed by atoms with E-state index in [2.05, 4.69) is 10.3 Å². The zero-order chi connectivity index (χ0) is 28.9. The van der Waals surface area contributed by atoms with Crippen molar-refractivity contribution in [3.63, 3.8) is 0 Å². The Morgan fingerprint density at radius 2 is 1.59 bits per heavy atom. The van der Waals surface area contributed by atoms with Gasteiger partial charge in [0.2, 0.25) is 12.1 Å². The van der Waals surface area contributed by atoms with Crippen LogP contribution in [-0.2, 0) is 14.3 Å². The molecule has 0 aromatic heterocycles. The molecule has 4 bridgehead atoms. The van der Waals surface area contributed by atoms with Gasteiger partial charge in [0.05, 0.1) is 11.4 Å². The number of benzene rings is 2. The highest BCUT2D eigenvalue weighted by Crippen LogP contribution is 2.47. The fourth-order valence-electron chi connectivity index (χ4n) is 7.29. The van der Waals surface area contributed by atoms with Crippen LogP contribution < -0.4 is 10.2 Å². The standard InChI is InChI=1S/C32H37FN4O4/c1-32(2,3)41-31(40)35-29-30(39)37(18-27(38)36-17-21-13-19-12-20(14-21)16-22(36)15-19)26-11-7-5-9-24(26)28(34-29)23-8-4-6-10-25(23)33/h4-11,19-22,29H,12-18H2,1-3H3,(H,35,40). The van der Waals surface area contributed by atoms with Crippen LogP contribution in [0.25, 0.3) is 0 Å². The molecule has 9 heteroatoms. The molecule has 2 aliphatic carbocycles. The summed E-state index contributed by atoms with van der Waals surface area (Å²) >= 11 is 0. The van der Waals surface area contributed by atoms with Gasteiger partial charge >= 0.3 is 6.09 Å². The molecule has 0 radical (unpaired) electrons. The highest BCUT2D eigenvalue weighted by molar-refractivity contribution is 6.21. The molecule has 7 rings (SSSR count).